The molecule has 0 bridgehead atoms. The standard InChI is InChI=1S/C14H27NO4SSi/c1-9(13(17)18)20-12-8-11(16)15(12)10(2)19-21(6,7)14(3,4)5/h9-10,12H,8H2,1-7H3,(H,17,18)/t9?,10?,12-/m1/s1. The number of carbonyl (C=O) groups excluding carboxylic acids is 1. The second kappa shape index (κ2) is 6.30. The van der Waals surface area contributed by atoms with E-state index in [9.17, 15) is 9.59 Å². The molecular formula is C14H27NO4SSi. The van der Waals surface area contributed by atoms with E-state index in [1.165, 1.54) is 11.8 Å². The molecule has 21 heavy (non-hydrogen) atoms. The molecule has 5 nitrogen and oxygen atoms in total. The molecule has 0 radical (unpaired) electrons. The Balaban J connectivity index is 2.70. The molecule has 0 spiro atoms. The van der Waals surface area contributed by atoms with Gasteiger partial charge in [0.2, 0.25) is 5.91 Å². The summed E-state index contributed by atoms with van der Waals surface area (Å²) in [5.74, 6) is -0.812. The van der Waals surface area contributed by atoms with Gasteiger partial charge in [0.1, 0.15) is 11.5 Å². The lowest BCUT2D eigenvalue weighted by atomic mass is 10.2. The van der Waals surface area contributed by atoms with Crippen LogP contribution in [0.4, 0.5) is 0 Å². The minimum atomic E-state index is -1.95. The fourth-order valence-electron chi connectivity index (χ4n) is 1.91. The summed E-state index contributed by atoms with van der Waals surface area (Å²) < 4.78 is 6.23. The van der Waals surface area contributed by atoms with Crippen LogP contribution in [0.15, 0.2) is 0 Å². The van der Waals surface area contributed by atoms with E-state index in [0.717, 1.165) is 0 Å². The minimum Gasteiger partial charge on any atom is -0.480 e. The number of β-lactam (4-membered cyclic amide) rings is 1. The second-order valence-electron chi connectivity index (χ2n) is 7.05. The molecule has 3 atom stereocenters. The van der Waals surface area contributed by atoms with Crippen LogP contribution in [0.3, 0.4) is 0 Å². The van der Waals surface area contributed by atoms with Gasteiger partial charge in [-0.05, 0) is 32.0 Å². The first-order valence-electron chi connectivity index (χ1n) is 7.24. The van der Waals surface area contributed by atoms with E-state index >= 15 is 0 Å². The second-order valence-corrected chi connectivity index (χ2v) is 13.3. The summed E-state index contributed by atoms with van der Waals surface area (Å²) in [7, 11) is -1.95. The lowest BCUT2D eigenvalue weighted by molar-refractivity contribution is -0.153. The molecule has 1 aliphatic rings. The van der Waals surface area contributed by atoms with Crippen LogP contribution in [0.1, 0.15) is 41.0 Å². The summed E-state index contributed by atoms with van der Waals surface area (Å²) in [6.45, 7) is 14.3. The Morgan fingerprint density at radius 1 is 1.43 bits per heavy atom. The number of nitrogens with zero attached hydrogens (tertiary/aromatic N) is 1. The van der Waals surface area contributed by atoms with E-state index in [4.69, 9.17) is 9.53 Å². The Hall–Kier alpha value is -0.533. The predicted octanol–water partition coefficient (Wildman–Crippen LogP) is 3.12. The first-order chi connectivity index (χ1) is 9.36. The van der Waals surface area contributed by atoms with E-state index < -0.39 is 19.5 Å². The molecular weight excluding hydrogens is 306 g/mol. The van der Waals surface area contributed by atoms with E-state index in [2.05, 4.69) is 33.9 Å². The molecule has 0 aromatic heterocycles. The molecule has 1 fully saturated rings. The van der Waals surface area contributed by atoms with Crippen molar-refractivity contribution < 1.29 is 19.1 Å². The molecule has 0 aliphatic carbocycles. The first kappa shape index (κ1) is 18.5. The summed E-state index contributed by atoms with van der Waals surface area (Å²) >= 11 is 1.31. The van der Waals surface area contributed by atoms with Crippen molar-refractivity contribution in [2.45, 2.75) is 76.0 Å². The van der Waals surface area contributed by atoms with Crippen LogP contribution in [0.2, 0.25) is 18.1 Å². The average molecular weight is 334 g/mol. The SMILES string of the molecule is CC(S[C@@H]1CC(=O)N1C(C)O[Si](C)(C)C(C)(C)C)C(=O)O. The van der Waals surface area contributed by atoms with Crippen LogP contribution in [0, 0.1) is 0 Å². The predicted molar refractivity (Wildman–Crippen MR) is 87.7 cm³/mol. The molecule has 1 amide bonds. The van der Waals surface area contributed by atoms with Gasteiger partial charge in [-0.25, -0.2) is 0 Å². The van der Waals surface area contributed by atoms with Crippen LogP contribution < -0.4 is 0 Å². The number of amides is 1. The maximum absolute atomic E-state index is 11.9. The molecule has 7 heteroatoms. The zero-order valence-corrected chi connectivity index (χ0v) is 15.8. The average Bonchev–Trinajstić information content (AvgIpc) is 2.24. The summed E-state index contributed by atoms with van der Waals surface area (Å²) in [4.78, 5) is 24.5. The van der Waals surface area contributed by atoms with Crippen molar-refractivity contribution in [3.05, 3.63) is 0 Å². The third-order valence-corrected chi connectivity index (χ3v) is 10.2. The Morgan fingerprint density at radius 3 is 2.33 bits per heavy atom. The Morgan fingerprint density at radius 2 is 1.95 bits per heavy atom. The number of carboxylic acid groups (broad SMARTS) is 1. The van der Waals surface area contributed by atoms with Gasteiger partial charge >= 0.3 is 5.97 Å². The lowest BCUT2D eigenvalue weighted by Gasteiger charge is -2.48. The van der Waals surface area contributed by atoms with Gasteiger partial charge in [0.15, 0.2) is 8.32 Å². The number of rotatable bonds is 6. The highest BCUT2D eigenvalue weighted by Crippen LogP contribution is 2.40. The van der Waals surface area contributed by atoms with E-state index in [0.29, 0.717) is 6.42 Å². The summed E-state index contributed by atoms with van der Waals surface area (Å²) in [6.07, 6.45) is 0.0960. The van der Waals surface area contributed by atoms with Crippen LogP contribution in [-0.2, 0) is 14.0 Å². The maximum atomic E-state index is 11.9. The van der Waals surface area contributed by atoms with Gasteiger partial charge < -0.3 is 14.4 Å². The zero-order chi connectivity index (χ0) is 16.6. The number of thioether (sulfide) groups is 1. The molecule has 0 aromatic rings. The van der Waals surface area contributed by atoms with Gasteiger partial charge in [-0.1, -0.05) is 20.8 Å². The van der Waals surface area contributed by atoms with Gasteiger partial charge in [-0.2, -0.15) is 0 Å². The smallest absolute Gasteiger partial charge is 0.316 e. The van der Waals surface area contributed by atoms with Crippen LogP contribution in [0.25, 0.3) is 0 Å². The third-order valence-electron chi connectivity index (χ3n) is 4.32. The molecule has 1 saturated heterocycles. The minimum absolute atomic E-state index is 0.0382. The highest BCUT2D eigenvalue weighted by atomic mass is 32.2. The lowest BCUT2D eigenvalue weighted by Crippen LogP contribution is -2.59. The summed E-state index contributed by atoms with van der Waals surface area (Å²) in [5.41, 5.74) is 0. The summed E-state index contributed by atoms with van der Waals surface area (Å²) in [6, 6.07) is 0. The summed E-state index contributed by atoms with van der Waals surface area (Å²) in [5, 5.41) is 8.44. The van der Waals surface area contributed by atoms with Crippen molar-refractivity contribution >= 4 is 32.0 Å². The first-order valence-corrected chi connectivity index (χ1v) is 11.1. The van der Waals surface area contributed by atoms with Gasteiger partial charge in [0, 0.05) is 0 Å². The van der Waals surface area contributed by atoms with Crippen molar-refractivity contribution in [1.29, 1.82) is 0 Å². The largest absolute Gasteiger partial charge is 0.480 e. The number of hydrogen-bond acceptors (Lipinski definition) is 4. The number of aliphatic carboxylic acids is 1. The van der Waals surface area contributed by atoms with Gasteiger partial charge in [0.25, 0.3) is 0 Å². The highest BCUT2D eigenvalue weighted by molar-refractivity contribution is 8.01. The maximum Gasteiger partial charge on any atom is 0.316 e. The van der Waals surface area contributed by atoms with Gasteiger partial charge in [-0.3, -0.25) is 9.59 Å². The van der Waals surface area contributed by atoms with E-state index in [1.54, 1.807) is 11.8 Å². The number of carboxylic acids is 1. The molecule has 2 unspecified atom stereocenters. The van der Waals surface area contributed by atoms with Crippen LogP contribution >= 0.6 is 11.8 Å². The normalized spacial score (nSPS) is 22.7. The topological polar surface area (TPSA) is 66.8 Å². The number of carbonyl (C=O) groups is 2. The Labute approximate surface area is 132 Å². The molecule has 1 aliphatic heterocycles. The van der Waals surface area contributed by atoms with Crippen molar-refractivity contribution in [3.63, 3.8) is 0 Å². The van der Waals surface area contributed by atoms with Crippen molar-refractivity contribution in [2.24, 2.45) is 0 Å². The molecule has 0 saturated carbocycles. The Kier molecular flexibility index (Phi) is 5.55. The van der Waals surface area contributed by atoms with Gasteiger partial charge in [-0.15, -0.1) is 11.8 Å². The van der Waals surface area contributed by atoms with E-state index in [-0.39, 0.29) is 22.5 Å². The zero-order valence-electron chi connectivity index (χ0n) is 14.0. The van der Waals surface area contributed by atoms with Gasteiger partial charge in [0.05, 0.1) is 11.8 Å². The van der Waals surface area contributed by atoms with Crippen LogP contribution in [-0.4, -0.2) is 47.1 Å². The quantitative estimate of drug-likeness (QED) is 0.597. The molecule has 1 heterocycles. The molecule has 122 valence electrons. The monoisotopic (exact) mass is 333 g/mol. The fourth-order valence-corrected chi connectivity index (χ4v) is 4.47. The van der Waals surface area contributed by atoms with E-state index in [1.807, 2.05) is 6.92 Å². The highest BCUT2D eigenvalue weighted by Gasteiger charge is 2.45. The number of hydrogen-bond donors (Lipinski definition) is 1. The van der Waals surface area contributed by atoms with Crippen LogP contribution in [0.5, 0.6) is 0 Å². The molecule has 0 aromatic carbocycles. The third kappa shape index (κ3) is 4.23. The molecule has 1 N–H and O–H groups in total. The fraction of sp³-hybridized carbons (Fsp3) is 0.857. The number of likely N-dealkylation sites (tertiary alicyclic amines) is 1. The van der Waals surface area contributed by atoms with Crippen molar-refractivity contribution in [1.82, 2.24) is 4.90 Å². The Bertz CT molecular complexity index is 422. The molecule has 1 rings (SSSR count). The van der Waals surface area contributed by atoms with Crippen molar-refractivity contribution in [3.8, 4) is 0 Å². The van der Waals surface area contributed by atoms with Crippen molar-refractivity contribution in [2.75, 3.05) is 0 Å².